The van der Waals surface area contributed by atoms with Gasteiger partial charge in [-0.15, -0.1) is 0 Å². The second-order valence-corrected chi connectivity index (χ2v) is 5.90. The Balaban J connectivity index is 2.25. The Morgan fingerprint density at radius 3 is 2.69 bits per heavy atom. The number of hydrogen-bond donors (Lipinski definition) is 2. The third kappa shape index (κ3) is 4.85. The zero-order valence-corrected chi connectivity index (χ0v) is 15.8. The molecule has 1 aromatic carbocycles. The topological polar surface area (TPSA) is 102 Å². The molecule has 0 bridgehead atoms. The summed E-state index contributed by atoms with van der Waals surface area (Å²) in [6, 6.07) is 4.84. The van der Waals surface area contributed by atoms with Crippen LogP contribution in [0, 0.1) is 6.92 Å². The van der Waals surface area contributed by atoms with Gasteiger partial charge in [-0.1, -0.05) is 17.8 Å². The molecule has 2 amide bonds. The minimum absolute atomic E-state index is 0.0759. The van der Waals surface area contributed by atoms with Crippen molar-refractivity contribution in [3.63, 3.8) is 0 Å². The van der Waals surface area contributed by atoms with E-state index in [-0.39, 0.29) is 18.0 Å². The van der Waals surface area contributed by atoms with Crippen LogP contribution in [-0.2, 0) is 4.74 Å². The zero-order chi connectivity index (χ0) is 19.1. The molecule has 1 aromatic heterocycles. The molecule has 2 N–H and O–H groups in total. The lowest BCUT2D eigenvalue weighted by Crippen LogP contribution is -2.23. The Hall–Kier alpha value is -2.81. The molecule has 138 valence electrons. The Labute approximate surface area is 155 Å². The number of nitrogens with one attached hydrogen (secondary N) is 2. The fourth-order valence-corrected chi connectivity index (χ4v) is 2.44. The van der Waals surface area contributed by atoms with E-state index in [1.807, 2.05) is 13.0 Å². The quantitative estimate of drug-likeness (QED) is 0.453. The van der Waals surface area contributed by atoms with Gasteiger partial charge in [0.2, 0.25) is 0 Å². The molecule has 26 heavy (non-hydrogen) atoms. The number of rotatable bonds is 6. The minimum Gasteiger partial charge on any atom is -0.495 e. The first-order valence-corrected chi connectivity index (χ1v) is 9.01. The molecule has 0 unspecified atom stereocenters. The number of benzene rings is 1. The number of aryl methyl sites for hydroxylation is 1. The SMILES string of the molecule is CCOC(=O)c1cnc(SC)nc1NC(=O)Nc1cc(C)ccc1OC. The number of thioether (sulfide) groups is 1. The normalized spacial score (nSPS) is 10.2. The minimum atomic E-state index is -0.608. The average Bonchev–Trinajstić information content (AvgIpc) is 2.62. The molecule has 0 spiro atoms. The molecule has 0 aliphatic carbocycles. The van der Waals surface area contributed by atoms with E-state index in [2.05, 4.69) is 20.6 Å². The van der Waals surface area contributed by atoms with E-state index < -0.39 is 12.0 Å². The van der Waals surface area contributed by atoms with Crippen molar-refractivity contribution in [3.8, 4) is 5.75 Å². The Bertz CT molecular complexity index is 813. The summed E-state index contributed by atoms with van der Waals surface area (Å²) in [5.74, 6) is -0.0145. The lowest BCUT2D eigenvalue weighted by molar-refractivity contribution is 0.0526. The number of anilines is 2. The lowest BCUT2D eigenvalue weighted by Gasteiger charge is -2.13. The summed E-state index contributed by atoms with van der Waals surface area (Å²) >= 11 is 1.29. The number of hydrogen-bond acceptors (Lipinski definition) is 7. The van der Waals surface area contributed by atoms with Gasteiger partial charge in [0.05, 0.1) is 19.4 Å². The largest absolute Gasteiger partial charge is 0.495 e. The molecule has 0 saturated heterocycles. The zero-order valence-electron chi connectivity index (χ0n) is 15.0. The van der Waals surface area contributed by atoms with Gasteiger partial charge in [-0.2, -0.15) is 0 Å². The molecule has 8 nitrogen and oxygen atoms in total. The van der Waals surface area contributed by atoms with E-state index in [4.69, 9.17) is 9.47 Å². The Kier molecular flexibility index (Phi) is 6.79. The monoisotopic (exact) mass is 376 g/mol. The van der Waals surface area contributed by atoms with Crippen LogP contribution in [0.1, 0.15) is 22.8 Å². The van der Waals surface area contributed by atoms with E-state index in [1.165, 1.54) is 25.1 Å². The summed E-state index contributed by atoms with van der Waals surface area (Å²) in [5, 5.41) is 5.68. The molecular weight excluding hydrogens is 356 g/mol. The van der Waals surface area contributed by atoms with Gasteiger partial charge in [-0.05, 0) is 37.8 Å². The third-order valence-electron chi connectivity index (χ3n) is 3.28. The maximum atomic E-state index is 12.4. The van der Waals surface area contributed by atoms with Crippen molar-refractivity contribution in [2.45, 2.75) is 19.0 Å². The molecule has 0 saturated carbocycles. The number of esters is 1. The molecule has 0 aliphatic heterocycles. The predicted octanol–water partition coefficient (Wildman–Crippen LogP) is 3.34. The number of urea groups is 1. The van der Waals surface area contributed by atoms with Gasteiger partial charge in [-0.25, -0.2) is 19.6 Å². The van der Waals surface area contributed by atoms with Crippen LogP contribution < -0.4 is 15.4 Å². The number of amides is 2. The van der Waals surface area contributed by atoms with Crippen molar-refractivity contribution in [2.75, 3.05) is 30.6 Å². The first kappa shape index (κ1) is 19.5. The Morgan fingerprint density at radius 1 is 1.27 bits per heavy atom. The highest BCUT2D eigenvalue weighted by Gasteiger charge is 2.18. The molecule has 0 radical (unpaired) electrons. The van der Waals surface area contributed by atoms with Gasteiger partial charge >= 0.3 is 12.0 Å². The van der Waals surface area contributed by atoms with Gasteiger partial charge in [-0.3, -0.25) is 5.32 Å². The van der Waals surface area contributed by atoms with Crippen molar-refractivity contribution in [1.82, 2.24) is 9.97 Å². The predicted molar refractivity (Wildman–Crippen MR) is 100 cm³/mol. The number of carbonyl (C=O) groups excluding carboxylic acids is 2. The number of aromatic nitrogens is 2. The summed E-state index contributed by atoms with van der Waals surface area (Å²) in [5.41, 5.74) is 1.54. The van der Waals surface area contributed by atoms with E-state index in [0.717, 1.165) is 5.56 Å². The molecule has 1 heterocycles. The van der Waals surface area contributed by atoms with E-state index >= 15 is 0 Å². The van der Waals surface area contributed by atoms with Gasteiger partial charge in [0.1, 0.15) is 11.3 Å². The standard InChI is InChI=1S/C17H20N4O4S/c1-5-25-15(22)11-9-18-17(26-4)21-14(11)20-16(23)19-12-8-10(2)6-7-13(12)24-3/h6-9H,5H2,1-4H3,(H2,18,19,20,21,23). The molecule has 9 heteroatoms. The number of nitrogens with zero attached hydrogens (tertiary/aromatic N) is 2. The van der Waals surface area contributed by atoms with Crippen LogP contribution in [0.3, 0.4) is 0 Å². The molecule has 2 rings (SSSR count). The summed E-state index contributed by atoms with van der Waals surface area (Å²) in [4.78, 5) is 32.7. The van der Waals surface area contributed by atoms with E-state index in [1.54, 1.807) is 25.3 Å². The number of methoxy groups -OCH3 is 1. The highest BCUT2D eigenvalue weighted by atomic mass is 32.2. The molecule has 2 aromatic rings. The van der Waals surface area contributed by atoms with Crippen molar-refractivity contribution in [3.05, 3.63) is 35.5 Å². The fourth-order valence-electron chi connectivity index (χ4n) is 2.10. The second kappa shape index (κ2) is 9.04. The summed E-state index contributed by atoms with van der Waals surface area (Å²) in [6.45, 7) is 3.80. The van der Waals surface area contributed by atoms with Gasteiger partial charge in [0.15, 0.2) is 11.0 Å². The van der Waals surface area contributed by atoms with Crippen LogP contribution in [0.25, 0.3) is 0 Å². The highest BCUT2D eigenvalue weighted by molar-refractivity contribution is 7.98. The Morgan fingerprint density at radius 2 is 2.04 bits per heavy atom. The van der Waals surface area contributed by atoms with Gasteiger partial charge in [0.25, 0.3) is 0 Å². The number of ether oxygens (including phenoxy) is 2. The smallest absolute Gasteiger partial charge is 0.343 e. The van der Waals surface area contributed by atoms with E-state index in [0.29, 0.717) is 16.6 Å². The van der Waals surface area contributed by atoms with Crippen LogP contribution in [-0.4, -0.2) is 41.9 Å². The second-order valence-electron chi connectivity index (χ2n) is 5.12. The van der Waals surface area contributed by atoms with Crippen LogP contribution in [0.4, 0.5) is 16.3 Å². The first-order valence-electron chi connectivity index (χ1n) is 7.79. The summed E-state index contributed by atoms with van der Waals surface area (Å²) in [7, 11) is 1.52. The average molecular weight is 376 g/mol. The van der Waals surface area contributed by atoms with Crippen LogP contribution in [0.2, 0.25) is 0 Å². The molecule has 0 aliphatic rings. The molecular formula is C17H20N4O4S. The van der Waals surface area contributed by atoms with Crippen LogP contribution in [0.15, 0.2) is 29.6 Å². The molecule has 0 atom stereocenters. The molecule has 0 fully saturated rings. The van der Waals surface area contributed by atoms with Crippen molar-refractivity contribution < 1.29 is 19.1 Å². The number of carbonyl (C=O) groups is 2. The van der Waals surface area contributed by atoms with E-state index in [9.17, 15) is 9.59 Å². The van der Waals surface area contributed by atoms with Crippen molar-refractivity contribution in [1.29, 1.82) is 0 Å². The lowest BCUT2D eigenvalue weighted by atomic mass is 10.2. The maximum Gasteiger partial charge on any atom is 0.343 e. The third-order valence-corrected chi connectivity index (χ3v) is 3.84. The maximum absolute atomic E-state index is 12.4. The highest BCUT2D eigenvalue weighted by Crippen LogP contribution is 2.25. The summed E-state index contributed by atoms with van der Waals surface area (Å²) in [6.07, 6.45) is 3.13. The summed E-state index contributed by atoms with van der Waals surface area (Å²) < 4.78 is 10.2. The van der Waals surface area contributed by atoms with Gasteiger partial charge in [0, 0.05) is 6.20 Å². The van der Waals surface area contributed by atoms with Crippen molar-refractivity contribution >= 4 is 35.3 Å². The van der Waals surface area contributed by atoms with Gasteiger partial charge < -0.3 is 14.8 Å². The van der Waals surface area contributed by atoms with Crippen LogP contribution in [0.5, 0.6) is 5.75 Å². The van der Waals surface area contributed by atoms with Crippen molar-refractivity contribution in [2.24, 2.45) is 0 Å². The fraction of sp³-hybridized carbons (Fsp3) is 0.294. The first-order chi connectivity index (χ1) is 12.5. The van der Waals surface area contributed by atoms with Crippen LogP contribution >= 0.6 is 11.8 Å².